The molecule has 0 aliphatic carbocycles. The summed E-state index contributed by atoms with van der Waals surface area (Å²) in [6, 6.07) is 6.24. The van der Waals surface area contributed by atoms with Gasteiger partial charge in [-0.15, -0.1) is 0 Å². The summed E-state index contributed by atoms with van der Waals surface area (Å²) in [6.07, 6.45) is 1.94. The van der Waals surface area contributed by atoms with E-state index in [4.69, 9.17) is 0 Å². The van der Waals surface area contributed by atoms with Crippen molar-refractivity contribution in [3.63, 3.8) is 0 Å². The third-order valence-corrected chi connectivity index (χ3v) is 4.67. The molecule has 3 nitrogen and oxygen atoms in total. The maximum absolute atomic E-state index is 11.2. The lowest BCUT2D eigenvalue weighted by atomic mass is 10.1. The molecule has 0 saturated carbocycles. The lowest BCUT2D eigenvalue weighted by Crippen LogP contribution is -2.35. The Hall–Kier alpha value is -0.870. The fourth-order valence-corrected chi connectivity index (χ4v) is 3.41. The van der Waals surface area contributed by atoms with Crippen LogP contribution in [0.15, 0.2) is 18.2 Å². The number of rotatable bonds is 3. The molecule has 0 atom stereocenters. The van der Waals surface area contributed by atoms with Crippen molar-refractivity contribution in [1.82, 2.24) is 5.32 Å². The molecule has 0 spiro atoms. The second-order valence-corrected chi connectivity index (χ2v) is 6.28. The van der Waals surface area contributed by atoms with Gasteiger partial charge in [-0.1, -0.05) is 18.2 Å². The van der Waals surface area contributed by atoms with E-state index in [1.54, 1.807) is 0 Å². The van der Waals surface area contributed by atoms with Crippen molar-refractivity contribution in [1.29, 1.82) is 0 Å². The predicted molar refractivity (Wildman–Crippen MR) is 70.6 cm³/mol. The van der Waals surface area contributed by atoms with Gasteiger partial charge in [-0.2, -0.15) is 0 Å². The normalized spacial score (nSPS) is 24.8. The van der Waals surface area contributed by atoms with Crippen molar-refractivity contribution in [2.45, 2.75) is 32.4 Å². The third-order valence-electron chi connectivity index (χ3n) is 3.29. The average Bonchev–Trinajstić information content (AvgIpc) is 2.33. The number of aryl methyl sites for hydroxylation is 1. The van der Waals surface area contributed by atoms with E-state index < -0.39 is 10.8 Å². The van der Waals surface area contributed by atoms with Gasteiger partial charge >= 0.3 is 0 Å². The Balaban J connectivity index is 1.89. The molecule has 0 radical (unpaired) electrons. The fraction of sp³-hybridized carbons (Fsp3) is 0.538. The smallest absolute Gasteiger partial charge is 0.122 e. The Labute approximate surface area is 105 Å². The Morgan fingerprint density at radius 1 is 1.41 bits per heavy atom. The van der Waals surface area contributed by atoms with E-state index in [-0.39, 0.29) is 0 Å². The Kier molecular flexibility index (Phi) is 4.18. The molecule has 1 heterocycles. The van der Waals surface area contributed by atoms with Crippen molar-refractivity contribution < 1.29 is 9.32 Å². The first-order chi connectivity index (χ1) is 8.16. The first-order valence-corrected chi connectivity index (χ1v) is 7.51. The molecule has 1 aliphatic heterocycles. The van der Waals surface area contributed by atoms with Gasteiger partial charge in [-0.25, -0.2) is 0 Å². The predicted octanol–water partition coefficient (Wildman–Crippen LogP) is 1.70. The fourth-order valence-electron chi connectivity index (χ4n) is 2.11. The molecular weight excluding hydrogens is 234 g/mol. The van der Waals surface area contributed by atoms with Gasteiger partial charge in [0.2, 0.25) is 0 Å². The van der Waals surface area contributed by atoms with E-state index in [1.807, 2.05) is 25.1 Å². The van der Waals surface area contributed by atoms with Gasteiger partial charge in [0.05, 0.1) is 0 Å². The zero-order valence-corrected chi connectivity index (χ0v) is 10.9. The monoisotopic (exact) mass is 253 g/mol. The second kappa shape index (κ2) is 5.65. The van der Waals surface area contributed by atoms with Crippen LogP contribution in [0.3, 0.4) is 0 Å². The first-order valence-electron chi connectivity index (χ1n) is 6.02. The highest BCUT2D eigenvalue weighted by atomic mass is 32.2. The summed E-state index contributed by atoms with van der Waals surface area (Å²) in [5.41, 5.74) is 1.85. The standard InChI is InChI=1S/C13H19NO2S/c1-10-3-2-4-11(13(10)15)9-14-12-5-7-17(16)8-6-12/h2-4,12,14-15H,5-9H2,1H3. The maximum Gasteiger partial charge on any atom is 0.122 e. The van der Waals surface area contributed by atoms with Crippen molar-refractivity contribution in [3.8, 4) is 5.75 Å². The van der Waals surface area contributed by atoms with Gasteiger partial charge in [0.1, 0.15) is 5.75 Å². The van der Waals surface area contributed by atoms with E-state index in [9.17, 15) is 9.32 Å². The quantitative estimate of drug-likeness (QED) is 0.862. The molecule has 17 heavy (non-hydrogen) atoms. The minimum Gasteiger partial charge on any atom is -0.507 e. The second-order valence-electron chi connectivity index (χ2n) is 4.59. The van der Waals surface area contributed by atoms with Crippen molar-refractivity contribution in [3.05, 3.63) is 29.3 Å². The Bertz CT molecular complexity index is 410. The van der Waals surface area contributed by atoms with Crippen molar-refractivity contribution in [2.75, 3.05) is 11.5 Å². The van der Waals surface area contributed by atoms with Gasteiger partial charge in [-0.3, -0.25) is 4.21 Å². The summed E-state index contributed by atoms with van der Waals surface area (Å²) in [5, 5.41) is 13.3. The van der Waals surface area contributed by atoms with Crippen LogP contribution in [0.1, 0.15) is 24.0 Å². The van der Waals surface area contributed by atoms with Crippen LogP contribution in [0.5, 0.6) is 5.75 Å². The van der Waals surface area contributed by atoms with Gasteiger partial charge in [0.25, 0.3) is 0 Å². The molecule has 0 unspecified atom stereocenters. The van der Waals surface area contributed by atoms with Crippen molar-refractivity contribution in [2.24, 2.45) is 0 Å². The van der Waals surface area contributed by atoms with E-state index in [0.29, 0.717) is 18.3 Å². The number of hydrogen-bond acceptors (Lipinski definition) is 3. The minimum atomic E-state index is -0.606. The van der Waals surface area contributed by atoms with Crippen LogP contribution in [0.2, 0.25) is 0 Å². The third kappa shape index (κ3) is 3.30. The highest BCUT2D eigenvalue weighted by Gasteiger charge is 2.17. The summed E-state index contributed by atoms with van der Waals surface area (Å²) in [4.78, 5) is 0. The maximum atomic E-state index is 11.2. The molecule has 1 aliphatic rings. The molecular formula is C13H19NO2S. The summed E-state index contributed by atoms with van der Waals surface area (Å²) in [5.74, 6) is 1.99. The SMILES string of the molecule is Cc1cccc(CNC2CCS(=O)CC2)c1O. The van der Waals surface area contributed by atoms with Crippen LogP contribution in [0.4, 0.5) is 0 Å². The topological polar surface area (TPSA) is 49.3 Å². The largest absolute Gasteiger partial charge is 0.507 e. The average molecular weight is 253 g/mol. The number of hydrogen-bond donors (Lipinski definition) is 2. The summed E-state index contributed by atoms with van der Waals surface area (Å²) < 4.78 is 11.2. The van der Waals surface area contributed by atoms with Crippen LogP contribution in [0, 0.1) is 6.92 Å². The zero-order valence-electron chi connectivity index (χ0n) is 10.1. The summed E-state index contributed by atoms with van der Waals surface area (Å²) in [7, 11) is -0.606. The van der Waals surface area contributed by atoms with E-state index in [1.165, 1.54) is 0 Å². The highest BCUT2D eigenvalue weighted by molar-refractivity contribution is 7.85. The van der Waals surface area contributed by atoms with E-state index in [2.05, 4.69) is 5.32 Å². The minimum absolute atomic E-state index is 0.388. The zero-order chi connectivity index (χ0) is 12.3. The molecule has 1 fully saturated rings. The van der Waals surface area contributed by atoms with Crippen LogP contribution >= 0.6 is 0 Å². The van der Waals surface area contributed by atoms with E-state index in [0.717, 1.165) is 35.5 Å². The summed E-state index contributed by atoms with van der Waals surface area (Å²) in [6.45, 7) is 2.59. The van der Waals surface area contributed by atoms with Crippen LogP contribution in [-0.2, 0) is 17.3 Å². The van der Waals surface area contributed by atoms with Gasteiger partial charge < -0.3 is 10.4 Å². The lowest BCUT2D eigenvalue weighted by molar-refractivity contribution is 0.442. The molecule has 4 heteroatoms. The highest BCUT2D eigenvalue weighted by Crippen LogP contribution is 2.21. The number of nitrogens with one attached hydrogen (secondary N) is 1. The van der Waals surface area contributed by atoms with Crippen molar-refractivity contribution >= 4 is 10.8 Å². The van der Waals surface area contributed by atoms with E-state index >= 15 is 0 Å². The van der Waals surface area contributed by atoms with Gasteiger partial charge in [-0.05, 0) is 25.3 Å². The lowest BCUT2D eigenvalue weighted by Gasteiger charge is -2.23. The van der Waals surface area contributed by atoms with Crippen LogP contribution in [-0.4, -0.2) is 26.9 Å². The summed E-state index contributed by atoms with van der Waals surface area (Å²) >= 11 is 0. The molecule has 94 valence electrons. The van der Waals surface area contributed by atoms with Crippen LogP contribution < -0.4 is 5.32 Å². The number of phenolic OH excluding ortho intramolecular Hbond substituents is 1. The number of aromatic hydroxyl groups is 1. The molecule has 0 amide bonds. The molecule has 0 aromatic heterocycles. The Morgan fingerprint density at radius 3 is 2.82 bits per heavy atom. The number of para-hydroxylation sites is 1. The molecule has 1 saturated heterocycles. The Morgan fingerprint density at radius 2 is 2.12 bits per heavy atom. The van der Waals surface area contributed by atoms with Gasteiger partial charge in [0, 0.05) is 40.5 Å². The van der Waals surface area contributed by atoms with Crippen LogP contribution in [0.25, 0.3) is 0 Å². The molecule has 1 aromatic carbocycles. The first kappa shape index (κ1) is 12.6. The molecule has 0 bridgehead atoms. The molecule has 2 N–H and O–H groups in total. The molecule has 2 rings (SSSR count). The van der Waals surface area contributed by atoms with Gasteiger partial charge in [0.15, 0.2) is 0 Å². The number of benzene rings is 1. The molecule has 1 aromatic rings. The number of phenols is 1.